The summed E-state index contributed by atoms with van der Waals surface area (Å²) in [5.41, 5.74) is 0. The van der Waals surface area contributed by atoms with E-state index in [1.54, 1.807) is 25.8 Å². The minimum atomic E-state index is -0.352. The molecule has 0 aliphatic rings. The topological polar surface area (TPSA) is 85.9 Å². The summed E-state index contributed by atoms with van der Waals surface area (Å²) in [7, 11) is 0. The molecule has 0 aliphatic carbocycles. The summed E-state index contributed by atoms with van der Waals surface area (Å²) >= 11 is 1.56. The first kappa shape index (κ1) is 21.2. The molecule has 0 rings (SSSR count). The van der Waals surface area contributed by atoms with Crippen molar-refractivity contribution in [1.82, 2.24) is 10.0 Å². The number of hydrogen-bond donors (Lipinski definition) is 2. The van der Waals surface area contributed by atoms with Gasteiger partial charge in [0.15, 0.2) is 0 Å². The molecule has 0 fully saturated rings. The highest BCUT2D eigenvalue weighted by molar-refractivity contribution is 7.96. The number of carbonyl (C=O) groups is 2. The third kappa shape index (κ3) is 15.6. The molecule has 0 heterocycles. The van der Waals surface area contributed by atoms with Crippen LogP contribution in [0.2, 0.25) is 0 Å². The van der Waals surface area contributed by atoms with Crippen LogP contribution in [-0.2, 0) is 23.8 Å². The van der Waals surface area contributed by atoms with Crippen LogP contribution in [-0.4, -0.2) is 63.8 Å². The fraction of sp³-hybridized carbons (Fsp3) is 0.857. The van der Waals surface area contributed by atoms with Gasteiger partial charge in [-0.1, -0.05) is 11.9 Å². The van der Waals surface area contributed by atoms with E-state index >= 15 is 0 Å². The normalized spacial score (nSPS) is 10.7. The Morgan fingerprint density at radius 3 is 2.23 bits per heavy atom. The molecule has 2 N–H and O–H groups in total. The lowest BCUT2D eigenvalue weighted by molar-refractivity contribution is -0.148. The van der Waals surface area contributed by atoms with Crippen molar-refractivity contribution in [3.63, 3.8) is 0 Å². The zero-order valence-corrected chi connectivity index (χ0v) is 14.5. The third-order valence-electron chi connectivity index (χ3n) is 2.36. The van der Waals surface area contributed by atoms with Crippen LogP contribution in [0.3, 0.4) is 0 Å². The van der Waals surface area contributed by atoms with E-state index in [2.05, 4.69) is 10.0 Å². The second-order valence-electron chi connectivity index (χ2n) is 4.71. The molecular weight excluding hydrogens is 308 g/mol. The molecule has 7 nitrogen and oxygen atoms in total. The second-order valence-corrected chi connectivity index (χ2v) is 5.41. The van der Waals surface area contributed by atoms with Crippen molar-refractivity contribution >= 4 is 23.8 Å². The summed E-state index contributed by atoms with van der Waals surface area (Å²) < 4.78 is 18.6. The molecule has 0 spiro atoms. The number of rotatable bonds is 14. The average Bonchev–Trinajstić information content (AvgIpc) is 2.46. The number of hydrogen-bond acceptors (Lipinski definition) is 7. The van der Waals surface area contributed by atoms with Crippen molar-refractivity contribution < 1.29 is 23.8 Å². The van der Waals surface area contributed by atoms with Crippen molar-refractivity contribution in [1.29, 1.82) is 0 Å². The van der Waals surface area contributed by atoms with E-state index in [0.717, 1.165) is 6.54 Å². The van der Waals surface area contributed by atoms with E-state index in [-0.39, 0.29) is 30.8 Å². The predicted molar refractivity (Wildman–Crippen MR) is 86.6 cm³/mol. The maximum absolute atomic E-state index is 11.5. The molecule has 0 aromatic heterocycles. The van der Waals surface area contributed by atoms with Gasteiger partial charge in [0.2, 0.25) is 5.91 Å². The van der Waals surface area contributed by atoms with Crippen molar-refractivity contribution in [2.45, 2.75) is 32.8 Å². The lowest BCUT2D eigenvalue weighted by Gasteiger charge is -2.08. The lowest BCUT2D eigenvalue weighted by Crippen LogP contribution is -2.28. The van der Waals surface area contributed by atoms with Crippen LogP contribution in [0.15, 0.2) is 0 Å². The Hall–Kier alpha value is -0.830. The molecule has 8 heteroatoms. The molecule has 0 saturated carbocycles. The summed E-state index contributed by atoms with van der Waals surface area (Å²) in [6.07, 6.45) is 2.05. The molecule has 22 heavy (non-hydrogen) atoms. The van der Waals surface area contributed by atoms with Crippen LogP contribution in [0.4, 0.5) is 0 Å². The smallest absolute Gasteiger partial charge is 0.306 e. The van der Waals surface area contributed by atoms with E-state index in [0.29, 0.717) is 33.0 Å². The first-order valence-corrected chi connectivity index (χ1v) is 8.66. The van der Waals surface area contributed by atoms with Crippen LogP contribution in [0.5, 0.6) is 0 Å². The molecule has 0 unspecified atom stereocenters. The number of ether oxygens (including phenoxy) is 3. The molecule has 0 aromatic rings. The molecule has 0 atom stereocenters. The lowest BCUT2D eigenvalue weighted by atomic mass is 10.3. The van der Waals surface area contributed by atoms with Crippen LogP contribution in [0, 0.1) is 0 Å². The Kier molecular flexibility index (Phi) is 14.5. The zero-order chi connectivity index (χ0) is 16.6. The summed E-state index contributed by atoms with van der Waals surface area (Å²) in [4.78, 5) is 22.7. The van der Waals surface area contributed by atoms with Gasteiger partial charge in [-0.05, 0) is 20.1 Å². The van der Waals surface area contributed by atoms with Gasteiger partial charge in [-0.25, -0.2) is 0 Å². The molecule has 0 saturated heterocycles. The van der Waals surface area contributed by atoms with Gasteiger partial charge < -0.3 is 19.5 Å². The maximum atomic E-state index is 11.5. The highest BCUT2D eigenvalue weighted by Crippen LogP contribution is 1.96. The highest BCUT2D eigenvalue weighted by atomic mass is 32.2. The monoisotopic (exact) mass is 336 g/mol. The Morgan fingerprint density at radius 2 is 1.64 bits per heavy atom. The van der Waals surface area contributed by atoms with Gasteiger partial charge in [0, 0.05) is 19.5 Å². The second kappa shape index (κ2) is 15.1. The Balaban J connectivity index is 3.30. The van der Waals surface area contributed by atoms with Crippen molar-refractivity contribution in [2.75, 3.05) is 45.8 Å². The minimum absolute atomic E-state index is 0.1000. The molecule has 130 valence electrons. The summed E-state index contributed by atoms with van der Waals surface area (Å²) in [5.74, 6) is -0.529. The van der Waals surface area contributed by atoms with Gasteiger partial charge in [0.1, 0.15) is 0 Å². The standard InChI is InChI=1S/C14H28N2O5S/c1-12(2)21-14(18)5-4-13(17)15-6-8-19-10-11-20-9-7-16-22-3/h12,16H,4-11H2,1-3H3,(H,15,17). The maximum Gasteiger partial charge on any atom is 0.306 e. The van der Waals surface area contributed by atoms with Crippen LogP contribution < -0.4 is 10.0 Å². The third-order valence-corrected chi connectivity index (χ3v) is 2.85. The van der Waals surface area contributed by atoms with Gasteiger partial charge in [-0.3, -0.25) is 14.3 Å². The average molecular weight is 336 g/mol. The van der Waals surface area contributed by atoms with Gasteiger partial charge in [-0.15, -0.1) is 0 Å². The fourth-order valence-corrected chi connectivity index (χ4v) is 1.71. The molecular formula is C14H28N2O5S. The Morgan fingerprint density at radius 1 is 1.00 bits per heavy atom. The number of carbonyl (C=O) groups excluding carboxylic acids is 2. The Labute approximate surface area is 137 Å². The summed E-state index contributed by atoms with van der Waals surface area (Å²) in [6.45, 7) is 6.88. The van der Waals surface area contributed by atoms with Crippen molar-refractivity contribution in [2.24, 2.45) is 0 Å². The van der Waals surface area contributed by atoms with E-state index in [4.69, 9.17) is 14.2 Å². The number of nitrogens with one attached hydrogen (secondary N) is 2. The number of esters is 1. The van der Waals surface area contributed by atoms with Crippen molar-refractivity contribution in [3.05, 3.63) is 0 Å². The first-order valence-electron chi connectivity index (χ1n) is 7.43. The van der Waals surface area contributed by atoms with Gasteiger partial charge in [0.05, 0.1) is 39.0 Å². The van der Waals surface area contributed by atoms with E-state index in [1.807, 2.05) is 6.26 Å². The molecule has 0 aromatic carbocycles. The summed E-state index contributed by atoms with van der Waals surface area (Å²) in [5, 5.41) is 2.68. The molecule has 0 radical (unpaired) electrons. The van der Waals surface area contributed by atoms with Gasteiger partial charge >= 0.3 is 5.97 Å². The minimum Gasteiger partial charge on any atom is -0.463 e. The zero-order valence-electron chi connectivity index (χ0n) is 13.7. The van der Waals surface area contributed by atoms with Crippen molar-refractivity contribution in [3.8, 4) is 0 Å². The SMILES string of the molecule is CSNCCOCCOCCNC(=O)CCC(=O)OC(C)C. The quantitative estimate of drug-likeness (QED) is 0.275. The Bertz CT molecular complexity index is 303. The molecule has 0 bridgehead atoms. The highest BCUT2D eigenvalue weighted by Gasteiger charge is 2.08. The largest absolute Gasteiger partial charge is 0.463 e. The van der Waals surface area contributed by atoms with Crippen LogP contribution in [0.1, 0.15) is 26.7 Å². The van der Waals surface area contributed by atoms with Crippen LogP contribution in [0.25, 0.3) is 0 Å². The van der Waals surface area contributed by atoms with E-state index in [1.165, 1.54) is 0 Å². The molecule has 1 amide bonds. The van der Waals surface area contributed by atoms with Gasteiger partial charge in [-0.2, -0.15) is 0 Å². The first-order chi connectivity index (χ1) is 10.6. The fourth-order valence-electron chi connectivity index (χ4n) is 1.43. The predicted octanol–water partition coefficient (Wildman–Crippen LogP) is 0.735. The van der Waals surface area contributed by atoms with E-state index in [9.17, 15) is 9.59 Å². The summed E-state index contributed by atoms with van der Waals surface area (Å²) in [6, 6.07) is 0. The molecule has 0 aliphatic heterocycles. The number of amides is 1. The van der Waals surface area contributed by atoms with Gasteiger partial charge in [0.25, 0.3) is 0 Å². The van der Waals surface area contributed by atoms with E-state index < -0.39 is 0 Å². The van der Waals surface area contributed by atoms with Crippen LogP contribution >= 0.6 is 11.9 Å².